The van der Waals surface area contributed by atoms with Crippen molar-refractivity contribution in [3.8, 4) is 0 Å². The predicted molar refractivity (Wildman–Crippen MR) is 78.5 cm³/mol. The smallest absolute Gasteiger partial charge is 0.327 e. The van der Waals surface area contributed by atoms with E-state index < -0.39 is 5.97 Å². The van der Waals surface area contributed by atoms with Gasteiger partial charge in [-0.15, -0.1) is 0 Å². The molecule has 0 radical (unpaired) electrons. The van der Waals surface area contributed by atoms with Gasteiger partial charge in [0.25, 0.3) is 0 Å². The molecule has 0 amide bonds. The highest BCUT2D eigenvalue weighted by Crippen LogP contribution is 2.10. The fourth-order valence-corrected chi connectivity index (χ4v) is 1.64. The summed E-state index contributed by atoms with van der Waals surface area (Å²) in [5, 5.41) is 8.66. The Balaban J connectivity index is 4.44. The Bertz CT molecular complexity index is 396. The van der Waals surface area contributed by atoms with E-state index in [1.54, 1.807) is 0 Å². The van der Waals surface area contributed by atoms with Gasteiger partial charge < -0.3 is 9.84 Å². The van der Waals surface area contributed by atoms with Gasteiger partial charge in [0.05, 0.1) is 6.61 Å². The molecule has 0 rings (SSSR count). The second kappa shape index (κ2) is 9.23. The van der Waals surface area contributed by atoms with E-state index >= 15 is 0 Å². The number of hydrogen-bond acceptors (Lipinski definition) is 5. The lowest BCUT2D eigenvalue weighted by atomic mass is 9.96. The normalized spacial score (nSPS) is 13.0. The van der Waals surface area contributed by atoms with Crippen LogP contribution >= 0.6 is 0 Å². The molecule has 1 atom stereocenters. The molecule has 1 N–H and O–H groups in total. The third-order valence-electron chi connectivity index (χ3n) is 2.51. The van der Waals surface area contributed by atoms with Gasteiger partial charge in [-0.25, -0.2) is 0 Å². The number of esters is 1. The Labute approximate surface area is 120 Å². The van der Waals surface area contributed by atoms with E-state index in [-0.39, 0.29) is 37.5 Å². The van der Waals surface area contributed by atoms with Crippen molar-refractivity contribution in [2.75, 3.05) is 19.7 Å². The van der Waals surface area contributed by atoms with Crippen LogP contribution in [0.4, 0.5) is 0 Å². The summed E-state index contributed by atoms with van der Waals surface area (Å²) < 4.78 is 5.12. The number of aliphatic carboxylic acids is 1. The fraction of sp³-hybridized carbons (Fsp3) is 0.714. The van der Waals surface area contributed by atoms with Crippen LogP contribution in [0.25, 0.3) is 0 Å². The summed E-state index contributed by atoms with van der Waals surface area (Å²) in [5.41, 5.74) is 1.57. The second-order valence-electron chi connectivity index (χ2n) is 5.14. The van der Waals surface area contributed by atoms with Crippen molar-refractivity contribution in [2.24, 2.45) is 21.8 Å². The molecule has 20 heavy (non-hydrogen) atoms. The van der Waals surface area contributed by atoms with Crippen LogP contribution in [0.5, 0.6) is 0 Å². The highest BCUT2D eigenvalue weighted by molar-refractivity contribution is 5.90. The summed E-state index contributed by atoms with van der Waals surface area (Å²) in [4.78, 5) is 30.1. The van der Waals surface area contributed by atoms with Crippen LogP contribution in [0.1, 0.15) is 34.6 Å². The Kier molecular flexibility index (Phi) is 8.43. The number of hydrogen-bond donors (Lipinski definition) is 1. The molecule has 0 saturated heterocycles. The minimum Gasteiger partial charge on any atom is -0.480 e. The third kappa shape index (κ3) is 8.39. The SMILES string of the molecule is CC(C)=NCC(=O)OCC(C)/C(=N/CC(=O)O)C(C)C. The summed E-state index contributed by atoms with van der Waals surface area (Å²) >= 11 is 0. The van der Waals surface area contributed by atoms with Crippen LogP contribution < -0.4 is 0 Å². The zero-order chi connectivity index (χ0) is 15.7. The van der Waals surface area contributed by atoms with E-state index in [1.165, 1.54) is 0 Å². The molecule has 0 fully saturated rings. The molecular formula is C14H24N2O4. The maximum Gasteiger partial charge on any atom is 0.327 e. The molecule has 0 heterocycles. The number of ether oxygens (including phenoxy) is 1. The van der Waals surface area contributed by atoms with Gasteiger partial charge in [-0.3, -0.25) is 19.6 Å². The number of carboxylic acid groups (broad SMARTS) is 1. The van der Waals surface area contributed by atoms with Crippen molar-refractivity contribution in [1.29, 1.82) is 0 Å². The topological polar surface area (TPSA) is 88.3 Å². The van der Waals surface area contributed by atoms with Crippen molar-refractivity contribution < 1.29 is 19.4 Å². The second-order valence-corrected chi connectivity index (χ2v) is 5.14. The minimum atomic E-state index is -0.972. The molecule has 0 aromatic rings. The highest BCUT2D eigenvalue weighted by Gasteiger charge is 2.16. The quantitative estimate of drug-likeness (QED) is 0.544. The van der Waals surface area contributed by atoms with E-state index in [0.29, 0.717) is 0 Å². The Morgan fingerprint density at radius 2 is 1.70 bits per heavy atom. The van der Waals surface area contributed by atoms with Gasteiger partial charge in [-0.1, -0.05) is 20.8 Å². The average molecular weight is 284 g/mol. The van der Waals surface area contributed by atoms with E-state index in [1.807, 2.05) is 34.6 Å². The standard InChI is InChI=1S/C14H24N2O4/c1-9(2)14(16-6-12(17)18)11(5)8-20-13(19)7-15-10(3)4/h9,11H,6-8H2,1-5H3,(H,17,18)/b16-14+. The number of carbonyl (C=O) groups excluding carboxylic acids is 1. The average Bonchev–Trinajstić information content (AvgIpc) is 2.33. The molecule has 0 spiro atoms. The summed E-state index contributed by atoms with van der Waals surface area (Å²) in [6.07, 6.45) is 0. The summed E-state index contributed by atoms with van der Waals surface area (Å²) in [5.74, 6) is -1.36. The molecule has 0 aliphatic carbocycles. The lowest BCUT2D eigenvalue weighted by Crippen LogP contribution is -2.25. The van der Waals surface area contributed by atoms with Crippen LogP contribution in [0, 0.1) is 11.8 Å². The molecule has 6 nitrogen and oxygen atoms in total. The van der Waals surface area contributed by atoms with Crippen LogP contribution in [0.15, 0.2) is 9.98 Å². The Hall–Kier alpha value is -1.72. The van der Waals surface area contributed by atoms with Gasteiger partial charge in [0, 0.05) is 17.3 Å². The summed E-state index contributed by atoms with van der Waals surface area (Å²) in [7, 11) is 0. The zero-order valence-corrected chi connectivity index (χ0v) is 12.8. The summed E-state index contributed by atoms with van der Waals surface area (Å²) in [6, 6.07) is 0. The van der Waals surface area contributed by atoms with Crippen LogP contribution in [-0.4, -0.2) is 48.2 Å². The van der Waals surface area contributed by atoms with E-state index in [0.717, 1.165) is 11.4 Å². The van der Waals surface area contributed by atoms with Crippen molar-refractivity contribution in [3.05, 3.63) is 0 Å². The molecule has 0 aliphatic rings. The number of nitrogens with zero attached hydrogens (tertiary/aromatic N) is 2. The van der Waals surface area contributed by atoms with Crippen molar-refractivity contribution in [3.63, 3.8) is 0 Å². The summed E-state index contributed by atoms with van der Waals surface area (Å²) in [6.45, 7) is 9.30. The first-order valence-electron chi connectivity index (χ1n) is 6.63. The molecular weight excluding hydrogens is 260 g/mol. The van der Waals surface area contributed by atoms with Gasteiger partial charge in [0.1, 0.15) is 13.1 Å². The zero-order valence-electron chi connectivity index (χ0n) is 12.8. The van der Waals surface area contributed by atoms with E-state index in [4.69, 9.17) is 9.84 Å². The van der Waals surface area contributed by atoms with Gasteiger partial charge in [-0.2, -0.15) is 0 Å². The lowest BCUT2D eigenvalue weighted by Gasteiger charge is -2.17. The minimum absolute atomic E-state index is 0.0122. The van der Waals surface area contributed by atoms with E-state index in [9.17, 15) is 9.59 Å². The van der Waals surface area contributed by atoms with E-state index in [2.05, 4.69) is 9.98 Å². The Morgan fingerprint density at radius 1 is 1.10 bits per heavy atom. The van der Waals surface area contributed by atoms with Gasteiger partial charge in [0.2, 0.25) is 0 Å². The van der Waals surface area contributed by atoms with Crippen molar-refractivity contribution >= 4 is 23.4 Å². The molecule has 0 aromatic heterocycles. The van der Waals surface area contributed by atoms with Gasteiger partial charge >= 0.3 is 11.9 Å². The monoisotopic (exact) mass is 284 g/mol. The molecule has 1 unspecified atom stereocenters. The van der Waals surface area contributed by atoms with Gasteiger partial charge in [-0.05, 0) is 19.8 Å². The molecule has 0 aliphatic heterocycles. The molecule has 0 saturated carbocycles. The number of rotatable bonds is 8. The fourth-order valence-electron chi connectivity index (χ4n) is 1.64. The number of aliphatic imine (C=N–C) groups is 2. The molecule has 0 bridgehead atoms. The number of carboxylic acids is 1. The van der Waals surface area contributed by atoms with Crippen molar-refractivity contribution in [2.45, 2.75) is 34.6 Å². The third-order valence-corrected chi connectivity index (χ3v) is 2.51. The maximum atomic E-state index is 11.4. The molecule has 0 aromatic carbocycles. The first kappa shape index (κ1) is 18.3. The number of carbonyl (C=O) groups is 2. The van der Waals surface area contributed by atoms with Crippen LogP contribution in [0.2, 0.25) is 0 Å². The van der Waals surface area contributed by atoms with Crippen LogP contribution in [-0.2, 0) is 14.3 Å². The Morgan fingerprint density at radius 3 is 2.15 bits per heavy atom. The molecule has 114 valence electrons. The van der Waals surface area contributed by atoms with Crippen molar-refractivity contribution in [1.82, 2.24) is 0 Å². The van der Waals surface area contributed by atoms with Gasteiger partial charge in [0.15, 0.2) is 0 Å². The largest absolute Gasteiger partial charge is 0.480 e. The maximum absolute atomic E-state index is 11.4. The predicted octanol–water partition coefficient (Wildman–Crippen LogP) is 1.83. The van der Waals surface area contributed by atoms with Crippen LogP contribution in [0.3, 0.4) is 0 Å². The molecule has 6 heteroatoms. The first-order chi connectivity index (χ1) is 9.23. The first-order valence-corrected chi connectivity index (χ1v) is 6.63. The lowest BCUT2D eigenvalue weighted by molar-refractivity contribution is -0.142. The highest BCUT2D eigenvalue weighted by atomic mass is 16.5.